The highest BCUT2D eigenvalue weighted by molar-refractivity contribution is 9.10. The van der Waals surface area contributed by atoms with Crippen LogP contribution in [-0.2, 0) is 6.54 Å². The Morgan fingerprint density at radius 3 is 3.06 bits per heavy atom. The molecule has 0 unspecified atom stereocenters. The molecule has 5 nitrogen and oxygen atoms in total. The van der Waals surface area contributed by atoms with Crippen molar-refractivity contribution in [2.75, 3.05) is 7.11 Å². The number of rotatable bonds is 2. The molecular formula is C11H11BrN4O. The highest BCUT2D eigenvalue weighted by Crippen LogP contribution is 2.27. The van der Waals surface area contributed by atoms with Crippen molar-refractivity contribution >= 4 is 32.7 Å². The number of halogens is 1. The molecule has 6 heteroatoms. The van der Waals surface area contributed by atoms with E-state index in [0.29, 0.717) is 6.54 Å². The number of benzene rings is 1. The van der Waals surface area contributed by atoms with Crippen molar-refractivity contribution in [1.29, 1.82) is 0 Å². The van der Waals surface area contributed by atoms with Gasteiger partial charge in [0.05, 0.1) is 23.8 Å². The maximum atomic E-state index is 5.65. The van der Waals surface area contributed by atoms with Gasteiger partial charge in [-0.2, -0.15) is 0 Å². The third-order valence-electron chi connectivity index (χ3n) is 2.77. The molecule has 3 rings (SSSR count). The number of imidazole rings is 2. The number of methoxy groups -OCH3 is 1. The molecule has 0 amide bonds. The van der Waals surface area contributed by atoms with Crippen LogP contribution >= 0.6 is 15.9 Å². The van der Waals surface area contributed by atoms with Gasteiger partial charge >= 0.3 is 0 Å². The Morgan fingerprint density at radius 1 is 1.53 bits per heavy atom. The Labute approximate surface area is 106 Å². The zero-order valence-corrected chi connectivity index (χ0v) is 10.8. The second-order valence-corrected chi connectivity index (χ2v) is 4.48. The van der Waals surface area contributed by atoms with E-state index in [-0.39, 0.29) is 0 Å². The van der Waals surface area contributed by atoms with Crippen molar-refractivity contribution in [2.45, 2.75) is 6.54 Å². The van der Waals surface area contributed by atoms with Gasteiger partial charge in [-0.25, -0.2) is 4.98 Å². The van der Waals surface area contributed by atoms with Crippen LogP contribution in [0.2, 0.25) is 0 Å². The quantitative estimate of drug-likeness (QED) is 0.760. The van der Waals surface area contributed by atoms with Gasteiger partial charge in [0.25, 0.3) is 0 Å². The Bertz CT molecular complexity index is 700. The number of aromatic amines is 1. The van der Waals surface area contributed by atoms with E-state index in [1.807, 2.05) is 22.6 Å². The summed E-state index contributed by atoms with van der Waals surface area (Å²) < 4.78 is 8.12. The molecule has 0 saturated heterocycles. The van der Waals surface area contributed by atoms with E-state index < -0.39 is 0 Å². The van der Waals surface area contributed by atoms with Crippen LogP contribution in [0.1, 0.15) is 5.69 Å². The average molecular weight is 295 g/mol. The first-order chi connectivity index (χ1) is 8.24. The minimum atomic E-state index is 0.440. The number of nitrogens with one attached hydrogen (secondary N) is 1. The molecule has 88 valence electrons. The van der Waals surface area contributed by atoms with E-state index >= 15 is 0 Å². The molecule has 2 heterocycles. The summed E-state index contributed by atoms with van der Waals surface area (Å²) in [5.41, 5.74) is 8.48. The lowest BCUT2D eigenvalue weighted by molar-refractivity contribution is 0.415. The van der Waals surface area contributed by atoms with Crippen molar-refractivity contribution in [3.8, 4) is 5.75 Å². The number of hydrogen-bond acceptors (Lipinski definition) is 3. The number of H-pyrrole nitrogens is 1. The van der Waals surface area contributed by atoms with Gasteiger partial charge in [-0.15, -0.1) is 0 Å². The first-order valence-corrected chi connectivity index (χ1v) is 5.96. The minimum Gasteiger partial charge on any atom is -0.497 e. The summed E-state index contributed by atoms with van der Waals surface area (Å²) in [6, 6.07) is 5.78. The molecule has 3 N–H and O–H groups in total. The number of fused-ring (bicyclic) bond motifs is 3. The van der Waals surface area contributed by atoms with Crippen molar-refractivity contribution in [3.05, 3.63) is 28.5 Å². The summed E-state index contributed by atoms with van der Waals surface area (Å²) in [5.74, 6) is 1.59. The predicted molar refractivity (Wildman–Crippen MR) is 69.2 cm³/mol. The monoisotopic (exact) mass is 294 g/mol. The molecule has 2 aromatic heterocycles. The second-order valence-electron chi connectivity index (χ2n) is 3.72. The summed E-state index contributed by atoms with van der Waals surface area (Å²) in [6.45, 7) is 0.440. The lowest BCUT2D eigenvalue weighted by Gasteiger charge is -1.99. The Balaban J connectivity index is 2.41. The Kier molecular flexibility index (Phi) is 2.34. The molecule has 1 aromatic carbocycles. The summed E-state index contributed by atoms with van der Waals surface area (Å²) >= 11 is 3.53. The van der Waals surface area contributed by atoms with Crippen molar-refractivity contribution in [1.82, 2.24) is 14.4 Å². The van der Waals surface area contributed by atoms with Crippen molar-refractivity contribution in [3.63, 3.8) is 0 Å². The lowest BCUT2D eigenvalue weighted by Crippen LogP contribution is -1.97. The van der Waals surface area contributed by atoms with E-state index in [4.69, 9.17) is 10.5 Å². The molecule has 0 fully saturated rings. The van der Waals surface area contributed by atoms with E-state index in [1.54, 1.807) is 7.11 Å². The molecule has 0 saturated carbocycles. The second kappa shape index (κ2) is 3.75. The van der Waals surface area contributed by atoms with Crippen LogP contribution < -0.4 is 10.5 Å². The number of aromatic nitrogens is 3. The zero-order chi connectivity index (χ0) is 12.0. The Morgan fingerprint density at radius 2 is 2.35 bits per heavy atom. The molecule has 3 aromatic rings. The first-order valence-electron chi connectivity index (χ1n) is 5.17. The summed E-state index contributed by atoms with van der Waals surface area (Å²) in [5, 5.41) is 0. The maximum Gasteiger partial charge on any atom is 0.213 e. The van der Waals surface area contributed by atoms with Crippen LogP contribution in [0.25, 0.3) is 16.8 Å². The zero-order valence-electron chi connectivity index (χ0n) is 9.20. The molecule has 0 spiro atoms. The molecular weight excluding hydrogens is 284 g/mol. The van der Waals surface area contributed by atoms with Gasteiger partial charge in [-0.3, -0.25) is 4.40 Å². The molecule has 0 radical (unpaired) electrons. The molecule has 0 aliphatic heterocycles. The molecule has 17 heavy (non-hydrogen) atoms. The fourth-order valence-corrected chi connectivity index (χ4v) is 2.54. The highest BCUT2D eigenvalue weighted by Gasteiger charge is 2.13. The molecule has 0 aliphatic carbocycles. The fraction of sp³-hybridized carbons (Fsp3) is 0.182. The van der Waals surface area contributed by atoms with Crippen molar-refractivity contribution < 1.29 is 4.74 Å². The van der Waals surface area contributed by atoms with Crippen molar-refractivity contribution in [2.24, 2.45) is 5.73 Å². The first kappa shape index (κ1) is 10.6. The number of ether oxygens (including phenoxy) is 1. The van der Waals surface area contributed by atoms with Gasteiger partial charge in [-0.05, 0) is 28.1 Å². The normalized spacial score (nSPS) is 11.5. The largest absolute Gasteiger partial charge is 0.497 e. The van der Waals surface area contributed by atoms with Crippen LogP contribution in [-0.4, -0.2) is 21.5 Å². The predicted octanol–water partition coefficient (Wildman–Crippen LogP) is 2.05. The van der Waals surface area contributed by atoms with Crippen LogP contribution in [0, 0.1) is 0 Å². The average Bonchev–Trinajstić information content (AvgIpc) is 2.85. The minimum absolute atomic E-state index is 0.440. The number of nitrogens with zero attached hydrogens (tertiary/aromatic N) is 2. The van der Waals surface area contributed by atoms with Gasteiger partial charge in [0.2, 0.25) is 5.78 Å². The summed E-state index contributed by atoms with van der Waals surface area (Å²) in [4.78, 5) is 7.67. The standard InChI is InChI=1S/C11H11BrN4O/c1-17-6-2-3-7-9(4-6)16-10(12)8(5-13)15-11(16)14-7/h2-4H,5,13H2,1H3,(H,14,15). The molecule has 0 aliphatic rings. The van der Waals surface area contributed by atoms with Crippen LogP contribution in [0.5, 0.6) is 5.75 Å². The van der Waals surface area contributed by atoms with E-state index in [2.05, 4.69) is 25.9 Å². The number of nitrogens with two attached hydrogens (primary N) is 1. The topological polar surface area (TPSA) is 68.3 Å². The molecule has 0 atom stereocenters. The maximum absolute atomic E-state index is 5.65. The van der Waals surface area contributed by atoms with E-state index in [9.17, 15) is 0 Å². The van der Waals surface area contributed by atoms with Crippen LogP contribution in [0.15, 0.2) is 22.8 Å². The smallest absolute Gasteiger partial charge is 0.213 e. The Hall–Kier alpha value is -1.53. The number of hydrogen-bond donors (Lipinski definition) is 2. The highest BCUT2D eigenvalue weighted by atomic mass is 79.9. The molecule has 0 bridgehead atoms. The van der Waals surface area contributed by atoms with Crippen LogP contribution in [0.4, 0.5) is 0 Å². The van der Waals surface area contributed by atoms with Gasteiger partial charge in [-0.1, -0.05) is 0 Å². The lowest BCUT2D eigenvalue weighted by atomic mass is 10.3. The van der Waals surface area contributed by atoms with Gasteiger partial charge in [0.1, 0.15) is 10.4 Å². The summed E-state index contributed by atoms with van der Waals surface area (Å²) in [7, 11) is 1.65. The van der Waals surface area contributed by atoms with Gasteiger partial charge < -0.3 is 15.5 Å². The van der Waals surface area contributed by atoms with Gasteiger partial charge in [0, 0.05) is 12.6 Å². The van der Waals surface area contributed by atoms with E-state index in [0.717, 1.165) is 32.9 Å². The van der Waals surface area contributed by atoms with E-state index in [1.165, 1.54) is 0 Å². The summed E-state index contributed by atoms with van der Waals surface area (Å²) in [6.07, 6.45) is 0. The van der Waals surface area contributed by atoms with Gasteiger partial charge in [0.15, 0.2) is 0 Å². The SMILES string of the molecule is COc1ccc2nc3[nH]c(CN)c(Br)n3c2c1. The third-order valence-corrected chi connectivity index (χ3v) is 3.61. The van der Waals surface area contributed by atoms with Crippen LogP contribution in [0.3, 0.4) is 0 Å². The third kappa shape index (κ3) is 1.44. The fourth-order valence-electron chi connectivity index (χ4n) is 1.92.